The number of carbonyl (C=O) groups excluding carboxylic acids is 2. The van der Waals surface area contributed by atoms with Gasteiger partial charge in [0.05, 0.1) is 12.6 Å². The van der Waals surface area contributed by atoms with Crippen LogP contribution in [-0.4, -0.2) is 31.6 Å². The maximum atomic E-state index is 12.2. The summed E-state index contributed by atoms with van der Waals surface area (Å²) in [5, 5.41) is 2.92. The van der Waals surface area contributed by atoms with E-state index in [4.69, 9.17) is 9.47 Å². The minimum absolute atomic E-state index is 0.0661. The summed E-state index contributed by atoms with van der Waals surface area (Å²) >= 11 is 0. The smallest absolute Gasteiger partial charge is 0.258 e. The first kappa shape index (κ1) is 19.7. The average Bonchev–Trinajstić information content (AvgIpc) is 3.13. The average molecular weight is 382 g/mol. The number of hydrogen-bond acceptors (Lipinski definition) is 4. The SMILES string of the molecule is CCOc1ccc(C(C)NC(=O)COc2ccc(N3CCCC3=O)cc2)cc1. The van der Waals surface area contributed by atoms with Crippen LogP contribution in [0, 0.1) is 0 Å². The maximum Gasteiger partial charge on any atom is 0.258 e. The van der Waals surface area contributed by atoms with Crippen molar-refractivity contribution in [1.29, 1.82) is 0 Å². The first-order valence-electron chi connectivity index (χ1n) is 9.62. The Morgan fingerprint density at radius 1 is 1.07 bits per heavy atom. The van der Waals surface area contributed by atoms with E-state index in [1.165, 1.54) is 0 Å². The Kier molecular flexibility index (Phi) is 6.53. The minimum atomic E-state index is -0.194. The molecular formula is C22H26N2O4. The lowest BCUT2D eigenvalue weighted by Gasteiger charge is -2.17. The molecule has 0 spiro atoms. The van der Waals surface area contributed by atoms with Crippen LogP contribution in [0.3, 0.4) is 0 Å². The number of nitrogens with one attached hydrogen (secondary N) is 1. The number of carbonyl (C=O) groups is 2. The van der Waals surface area contributed by atoms with Crippen LogP contribution in [0.1, 0.15) is 38.3 Å². The van der Waals surface area contributed by atoms with Gasteiger partial charge in [0, 0.05) is 18.7 Å². The summed E-state index contributed by atoms with van der Waals surface area (Å²) < 4.78 is 11.0. The number of rotatable bonds is 8. The van der Waals surface area contributed by atoms with Gasteiger partial charge < -0.3 is 19.7 Å². The van der Waals surface area contributed by atoms with Gasteiger partial charge in [0.25, 0.3) is 5.91 Å². The van der Waals surface area contributed by atoms with E-state index in [0.29, 0.717) is 18.8 Å². The Labute approximate surface area is 165 Å². The topological polar surface area (TPSA) is 67.9 Å². The summed E-state index contributed by atoms with van der Waals surface area (Å²) in [6, 6.07) is 14.8. The fourth-order valence-electron chi connectivity index (χ4n) is 3.18. The third kappa shape index (κ3) is 5.03. The van der Waals surface area contributed by atoms with Gasteiger partial charge in [-0.15, -0.1) is 0 Å². The molecule has 0 aliphatic carbocycles. The van der Waals surface area contributed by atoms with Crippen molar-refractivity contribution < 1.29 is 19.1 Å². The lowest BCUT2D eigenvalue weighted by molar-refractivity contribution is -0.123. The number of anilines is 1. The molecule has 1 N–H and O–H groups in total. The van der Waals surface area contributed by atoms with Gasteiger partial charge in [-0.25, -0.2) is 0 Å². The molecule has 2 aromatic rings. The van der Waals surface area contributed by atoms with Crippen molar-refractivity contribution >= 4 is 17.5 Å². The molecule has 6 heteroatoms. The predicted octanol–water partition coefficient (Wildman–Crippen LogP) is 3.47. The minimum Gasteiger partial charge on any atom is -0.494 e. The van der Waals surface area contributed by atoms with Crippen LogP contribution in [0.5, 0.6) is 11.5 Å². The number of amides is 2. The fraction of sp³-hybridized carbons (Fsp3) is 0.364. The van der Waals surface area contributed by atoms with Crippen molar-refractivity contribution in [3.63, 3.8) is 0 Å². The van der Waals surface area contributed by atoms with Crippen molar-refractivity contribution in [3.8, 4) is 11.5 Å². The molecule has 0 bridgehead atoms. The Morgan fingerprint density at radius 2 is 1.71 bits per heavy atom. The standard InChI is InChI=1S/C22H26N2O4/c1-3-27-19-10-6-17(7-11-19)16(2)23-21(25)15-28-20-12-8-18(9-13-20)24-14-4-5-22(24)26/h6-13,16H,3-5,14-15H2,1-2H3,(H,23,25). The highest BCUT2D eigenvalue weighted by Gasteiger charge is 2.21. The van der Waals surface area contributed by atoms with Gasteiger partial charge >= 0.3 is 0 Å². The molecule has 0 radical (unpaired) electrons. The zero-order valence-corrected chi connectivity index (χ0v) is 16.3. The second-order valence-electron chi connectivity index (χ2n) is 6.72. The third-order valence-electron chi connectivity index (χ3n) is 4.66. The first-order valence-corrected chi connectivity index (χ1v) is 9.62. The maximum absolute atomic E-state index is 12.2. The van der Waals surface area contributed by atoms with E-state index in [1.807, 2.05) is 50.2 Å². The lowest BCUT2D eigenvalue weighted by Crippen LogP contribution is -2.31. The molecular weight excluding hydrogens is 356 g/mol. The number of ether oxygens (including phenoxy) is 2. The Balaban J connectivity index is 1.47. The summed E-state index contributed by atoms with van der Waals surface area (Å²) in [4.78, 5) is 25.7. The van der Waals surface area contributed by atoms with E-state index in [2.05, 4.69) is 5.32 Å². The van der Waals surface area contributed by atoms with Crippen molar-refractivity contribution in [3.05, 3.63) is 54.1 Å². The largest absolute Gasteiger partial charge is 0.494 e. The van der Waals surface area contributed by atoms with Gasteiger partial charge in [-0.1, -0.05) is 12.1 Å². The highest BCUT2D eigenvalue weighted by molar-refractivity contribution is 5.95. The molecule has 1 atom stereocenters. The Hall–Kier alpha value is -3.02. The molecule has 0 saturated carbocycles. The van der Waals surface area contributed by atoms with Crippen LogP contribution in [0.4, 0.5) is 5.69 Å². The van der Waals surface area contributed by atoms with E-state index in [1.54, 1.807) is 17.0 Å². The van der Waals surface area contributed by atoms with Crippen LogP contribution < -0.4 is 19.7 Å². The van der Waals surface area contributed by atoms with Crippen molar-refractivity contribution in [2.24, 2.45) is 0 Å². The third-order valence-corrected chi connectivity index (χ3v) is 4.66. The molecule has 1 unspecified atom stereocenters. The molecule has 2 amide bonds. The van der Waals surface area contributed by atoms with Gasteiger partial charge in [0.1, 0.15) is 11.5 Å². The zero-order valence-electron chi connectivity index (χ0n) is 16.3. The van der Waals surface area contributed by atoms with Crippen molar-refractivity contribution in [2.75, 3.05) is 24.7 Å². The molecule has 3 rings (SSSR count). The second-order valence-corrected chi connectivity index (χ2v) is 6.72. The number of hydrogen-bond donors (Lipinski definition) is 1. The van der Waals surface area contributed by atoms with Crippen LogP contribution in [0.15, 0.2) is 48.5 Å². The fourth-order valence-corrected chi connectivity index (χ4v) is 3.18. The Bertz CT molecular complexity index is 802. The summed E-state index contributed by atoms with van der Waals surface area (Å²) in [6.45, 7) is 5.18. The Morgan fingerprint density at radius 3 is 2.32 bits per heavy atom. The summed E-state index contributed by atoms with van der Waals surface area (Å²) in [6.07, 6.45) is 1.49. The normalized spacial score (nSPS) is 14.6. The van der Waals surface area contributed by atoms with Gasteiger partial charge in [-0.2, -0.15) is 0 Å². The van der Waals surface area contributed by atoms with Crippen LogP contribution in [0.25, 0.3) is 0 Å². The van der Waals surface area contributed by atoms with E-state index < -0.39 is 0 Å². The number of benzene rings is 2. The summed E-state index contributed by atoms with van der Waals surface area (Å²) in [7, 11) is 0. The summed E-state index contributed by atoms with van der Waals surface area (Å²) in [5.74, 6) is 1.36. The number of nitrogens with zero attached hydrogens (tertiary/aromatic N) is 1. The van der Waals surface area contributed by atoms with Crippen LogP contribution in [-0.2, 0) is 9.59 Å². The lowest BCUT2D eigenvalue weighted by atomic mass is 10.1. The molecule has 6 nitrogen and oxygen atoms in total. The summed E-state index contributed by atoms with van der Waals surface area (Å²) in [5.41, 5.74) is 1.86. The highest BCUT2D eigenvalue weighted by atomic mass is 16.5. The van der Waals surface area contributed by atoms with E-state index in [-0.39, 0.29) is 24.5 Å². The first-order chi connectivity index (χ1) is 13.6. The van der Waals surface area contributed by atoms with Crippen LogP contribution in [0.2, 0.25) is 0 Å². The molecule has 1 aliphatic heterocycles. The monoisotopic (exact) mass is 382 g/mol. The van der Waals surface area contributed by atoms with E-state index in [9.17, 15) is 9.59 Å². The predicted molar refractivity (Wildman–Crippen MR) is 108 cm³/mol. The quantitative estimate of drug-likeness (QED) is 0.759. The van der Waals surface area contributed by atoms with Gasteiger partial charge in [0.15, 0.2) is 6.61 Å². The van der Waals surface area contributed by atoms with Crippen molar-refractivity contribution in [2.45, 2.75) is 32.7 Å². The van der Waals surface area contributed by atoms with Gasteiger partial charge in [-0.3, -0.25) is 9.59 Å². The zero-order chi connectivity index (χ0) is 19.9. The molecule has 0 aromatic heterocycles. The molecule has 1 heterocycles. The van der Waals surface area contributed by atoms with Crippen LogP contribution >= 0.6 is 0 Å². The molecule has 148 valence electrons. The molecule has 1 fully saturated rings. The molecule has 2 aromatic carbocycles. The van der Waals surface area contributed by atoms with Gasteiger partial charge in [0.2, 0.25) is 5.91 Å². The second kappa shape index (κ2) is 9.26. The highest BCUT2D eigenvalue weighted by Crippen LogP contribution is 2.24. The van der Waals surface area contributed by atoms with E-state index in [0.717, 1.165) is 30.0 Å². The van der Waals surface area contributed by atoms with E-state index >= 15 is 0 Å². The molecule has 1 saturated heterocycles. The van der Waals surface area contributed by atoms with Gasteiger partial charge in [-0.05, 0) is 62.2 Å². The molecule has 28 heavy (non-hydrogen) atoms. The molecule has 1 aliphatic rings. The van der Waals surface area contributed by atoms with Crippen molar-refractivity contribution in [1.82, 2.24) is 5.32 Å².